The van der Waals surface area contributed by atoms with E-state index in [4.69, 9.17) is 27.9 Å². The first-order valence-electron chi connectivity index (χ1n) is 17.0. The summed E-state index contributed by atoms with van der Waals surface area (Å²) in [6.45, 7) is 0.893. The van der Waals surface area contributed by atoms with E-state index >= 15 is 0 Å². The van der Waals surface area contributed by atoms with E-state index in [1.807, 2.05) is 12.1 Å². The molecule has 1 fully saturated rings. The quantitative estimate of drug-likeness (QED) is 0.139. The zero-order valence-electron chi connectivity index (χ0n) is 29.3. The second-order valence-electron chi connectivity index (χ2n) is 12.4. The van der Waals surface area contributed by atoms with Gasteiger partial charge in [-0.3, -0.25) is 24.0 Å². The number of rotatable bonds is 17. The van der Waals surface area contributed by atoms with Crippen molar-refractivity contribution in [2.24, 2.45) is 0 Å². The summed E-state index contributed by atoms with van der Waals surface area (Å²) in [6.07, 6.45) is 1.52. The van der Waals surface area contributed by atoms with Crippen LogP contribution < -0.4 is 26.6 Å². The molecule has 3 aromatic rings. The Bertz CT molecular complexity index is 1760. The third kappa shape index (κ3) is 14.0. The van der Waals surface area contributed by atoms with Gasteiger partial charge in [-0.05, 0) is 66.9 Å². The summed E-state index contributed by atoms with van der Waals surface area (Å²) in [7, 11) is 1.76. The van der Waals surface area contributed by atoms with E-state index in [9.17, 15) is 28.8 Å². The molecule has 5 N–H and O–H groups in total. The molecule has 282 valence electrons. The number of likely N-dealkylation sites (tertiary alicyclic amines) is 1. The van der Waals surface area contributed by atoms with E-state index < -0.39 is 49.4 Å². The Labute approximate surface area is 317 Å². The number of ether oxygens (including phenoxy) is 1. The standard InChI is InChI=1S/C37H43Cl2N7O7/c1-45(36(51)17-26-12-13-29(38)30(39)16-26)31(23-46-14-5-6-15-46)27-10-7-11-28(18-27)44-35(50)22-42-33(48)20-40-32(47)19-41-34(49)21-43-37(52)53-24-25-8-3-2-4-9-25/h2-4,7-13,16,18,31H,5-6,14-15,17,19-24H2,1H3,(H,40,47)(H,41,49)(H,42,48)(H,43,52)(H,44,50)/t31-/m1/s1. The highest BCUT2D eigenvalue weighted by Crippen LogP contribution is 2.27. The molecule has 3 aromatic carbocycles. The molecule has 0 radical (unpaired) electrons. The van der Waals surface area contributed by atoms with Gasteiger partial charge in [-0.2, -0.15) is 0 Å². The lowest BCUT2D eigenvalue weighted by Gasteiger charge is -2.32. The fourth-order valence-corrected chi connectivity index (χ4v) is 5.78. The van der Waals surface area contributed by atoms with Gasteiger partial charge in [0.1, 0.15) is 13.2 Å². The molecule has 0 saturated carbocycles. The summed E-state index contributed by atoms with van der Waals surface area (Å²) in [6, 6.07) is 21.1. The van der Waals surface area contributed by atoms with Crippen LogP contribution in [0.15, 0.2) is 72.8 Å². The minimum absolute atomic E-state index is 0.0396. The van der Waals surface area contributed by atoms with Gasteiger partial charge in [0.15, 0.2) is 0 Å². The first-order chi connectivity index (χ1) is 25.5. The monoisotopic (exact) mass is 767 g/mol. The maximum atomic E-state index is 13.4. The highest BCUT2D eigenvalue weighted by atomic mass is 35.5. The van der Waals surface area contributed by atoms with Crippen LogP contribution in [-0.4, -0.2) is 98.3 Å². The molecule has 1 atom stereocenters. The number of likely N-dealkylation sites (N-methyl/N-ethyl adjacent to an activating group) is 1. The van der Waals surface area contributed by atoms with Crippen molar-refractivity contribution < 1.29 is 33.5 Å². The number of hydrogen-bond donors (Lipinski definition) is 5. The number of amides is 6. The van der Waals surface area contributed by atoms with Gasteiger partial charge in [-0.15, -0.1) is 0 Å². The van der Waals surface area contributed by atoms with Gasteiger partial charge in [-0.1, -0.05) is 71.7 Å². The average Bonchev–Trinajstić information content (AvgIpc) is 3.68. The van der Waals surface area contributed by atoms with Crippen molar-refractivity contribution in [3.63, 3.8) is 0 Å². The summed E-state index contributed by atoms with van der Waals surface area (Å²) in [5, 5.41) is 13.0. The van der Waals surface area contributed by atoms with Crippen molar-refractivity contribution in [2.75, 3.05) is 58.2 Å². The second-order valence-corrected chi connectivity index (χ2v) is 13.2. The Morgan fingerprint density at radius 3 is 1.98 bits per heavy atom. The number of halogens is 2. The van der Waals surface area contributed by atoms with Crippen LogP contribution in [0.5, 0.6) is 0 Å². The molecule has 1 aliphatic rings. The molecule has 14 nitrogen and oxygen atoms in total. The van der Waals surface area contributed by atoms with E-state index in [0.717, 1.165) is 42.6 Å². The Hall–Kier alpha value is -5.18. The van der Waals surface area contributed by atoms with E-state index in [0.29, 0.717) is 22.3 Å². The lowest BCUT2D eigenvalue weighted by molar-refractivity contribution is -0.131. The molecule has 1 aliphatic heterocycles. The van der Waals surface area contributed by atoms with E-state index in [2.05, 4.69) is 31.5 Å². The summed E-state index contributed by atoms with van der Waals surface area (Å²) < 4.78 is 5.01. The Kier molecular flexibility index (Phi) is 15.9. The number of alkyl carbamates (subject to hydrolysis) is 1. The van der Waals surface area contributed by atoms with Crippen LogP contribution >= 0.6 is 23.2 Å². The number of benzene rings is 3. The molecule has 53 heavy (non-hydrogen) atoms. The fraction of sp³-hybridized carbons (Fsp3) is 0.351. The predicted molar refractivity (Wildman–Crippen MR) is 200 cm³/mol. The topological polar surface area (TPSA) is 178 Å². The Balaban J connectivity index is 1.19. The third-order valence-electron chi connectivity index (χ3n) is 8.33. The maximum Gasteiger partial charge on any atom is 0.407 e. The van der Waals surface area contributed by atoms with Crippen molar-refractivity contribution in [3.8, 4) is 0 Å². The number of carbonyl (C=O) groups excluding carboxylic acids is 6. The van der Waals surface area contributed by atoms with E-state index in [1.54, 1.807) is 72.6 Å². The van der Waals surface area contributed by atoms with E-state index in [1.165, 1.54) is 0 Å². The van der Waals surface area contributed by atoms with Crippen molar-refractivity contribution in [2.45, 2.75) is 31.9 Å². The lowest BCUT2D eigenvalue weighted by atomic mass is 10.0. The number of nitrogens with one attached hydrogen (secondary N) is 5. The summed E-state index contributed by atoms with van der Waals surface area (Å²) in [5.74, 6) is -2.50. The van der Waals surface area contributed by atoms with Crippen LogP contribution in [0.1, 0.15) is 35.6 Å². The van der Waals surface area contributed by atoms with Crippen molar-refractivity contribution in [3.05, 3.63) is 99.5 Å². The van der Waals surface area contributed by atoms with Gasteiger partial charge < -0.3 is 41.1 Å². The predicted octanol–water partition coefficient (Wildman–Crippen LogP) is 3.04. The molecule has 0 bridgehead atoms. The minimum atomic E-state index is -0.791. The number of hydrogen-bond acceptors (Lipinski definition) is 8. The highest BCUT2D eigenvalue weighted by Gasteiger charge is 2.26. The van der Waals surface area contributed by atoms with Crippen molar-refractivity contribution >= 4 is 64.5 Å². The zero-order chi connectivity index (χ0) is 38.2. The smallest absolute Gasteiger partial charge is 0.407 e. The van der Waals surface area contributed by atoms with Crippen LogP contribution in [0.4, 0.5) is 10.5 Å². The van der Waals surface area contributed by atoms with Crippen LogP contribution in [0.2, 0.25) is 10.0 Å². The molecule has 0 spiro atoms. The first-order valence-corrected chi connectivity index (χ1v) is 17.8. The third-order valence-corrected chi connectivity index (χ3v) is 9.07. The summed E-state index contributed by atoms with van der Waals surface area (Å²) >= 11 is 12.2. The molecule has 0 unspecified atom stereocenters. The van der Waals surface area contributed by atoms with Gasteiger partial charge in [0, 0.05) is 19.3 Å². The summed E-state index contributed by atoms with van der Waals surface area (Å²) in [4.78, 5) is 78.3. The molecule has 1 heterocycles. The van der Waals surface area contributed by atoms with Crippen molar-refractivity contribution in [1.82, 2.24) is 31.1 Å². The lowest BCUT2D eigenvalue weighted by Crippen LogP contribution is -2.45. The maximum absolute atomic E-state index is 13.4. The number of anilines is 1. The number of nitrogens with zero attached hydrogens (tertiary/aromatic N) is 2. The minimum Gasteiger partial charge on any atom is -0.445 e. The zero-order valence-corrected chi connectivity index (χ0v) is 30.8. The van der Waals surface area contributed by atoms with Crippen molar-refractivity contribution in [1.29, 1.82) is 0 Å². The van der Waals surface area contributed by atoms with Crippen LogP contribution in [0.3, 0.4) is 0 Å². The largest absolute Gasteiger partial charge is 0.445 e. The fourth-order valence-electron chi connectivity index (χ4n) is 5.46. The second kappa shape index (κ2) is 20.8. The van der Waals surface area contributed by atoms with Gasteiger partial charge in [0.05, 0.1) is 42.1 Å². The molecule has 16 heteroatoms. The van der Waals surface area contributed by atoms with Gasteiger partial charge in [0.2, 0.25) is 29.5 Å². The van der Waals surface area contributed by atoms with Crippen LogP contribution in [0.25, 0.3) is 0 Å². The van der Waals surface area contributed by atoms with E-state index in [-0.39, 0.29) is 31.5 Å². The molecule has 1 saturated heterocycles. The van der Waals surface area contributed by atoms with Gasteiger partial charge in [0.25, 0.3) is 0 Å². The average molecular weight is 769 g/mol. The van der Waals surface area contributed by atoms with Crippen LogP contribution in [-0.2, 0) is 41.7 Å². The van der Waals surface area contributed by atoms with Crippen LogP contribution in [0, 0.1) is 0 Å². The first kappa shape index (κ1) is 40.6. The van der Waals surface area contributed by atoms with Gasteiger partial charge in [-0.25, -0.2) is 4.79 Å². The Morgan fingerprint density at radius 1 is 0.717 bits per heavy atom. The molecule has 6 amide bonds. The molecule has 0 aromatic heterocycles. The SMILES string of the molecule is CN(C(=O)Cc1ccc(Cl)c(Cl)c1)[C@H](CN1CCCC1)c1cccc(NC(=O)CNC(=O)CNC(=O)CNC(=O)CNC(=O)OCc2ccccc2)c1. The number of carbonyl (C=O) groups is 6. The summed E-state index contributed by atoms with van der Waals surface area (Å²) in [5.41, 5.74) is 2.85. The molecular weight excluding hydrogens is 725 g/mol. The normalized spacial score (nSPS) is 13.0. The molecule has 4 rings (SSSR count). The Morgan fingerprint density at radius 2 is 1.34 bits per heavy atom. The van der Waals surface area contributed by atoms with Gasteiger partial charge >= 0.3 is 6.09 Å². The molecular formula is C37H43Cl2N7O7. The molecule has 0 aliphatic carbocycles. The highest BCUT2D eigenvalue weighted by molar-refractivity contribution is 6.42.